The van der Waals surface area contributed by atoms with Crippen molar-refractivity contribution >= 4 is 22.9 Å². The van der Waals surface area contributed by atoms with E-state index in [1.165, 1.54) is 10.4 Å². The van der Waals surface area contributed by atoms with E-state index in [1.807, 2.05) is 25.2 Å². The van der Waals surface area contributed by atoms with Crippen LogP contribution in [-0.2, 0) is 0 Å². The molecule has 0 amide bonds. The van der Waals surface area contributed by atoms with E-state index >= 15 is 0 Å². The average molecular weight is 266 g/mol. The lowest BCUT2D eigenvalue weighted by atomic mass is 10.0. The van der Waals surface area contributed by atoms with E-state index in [0.29, 0.717) is 5.92 Å². The first-order valence-corrected chi connectivity index (χ1v) is 6.96. The van der Waals surface area contributed by atoms with Crippen molar-refractivity contribution in [2.75, 3.05) is 13.6 Å². The lowest BCUT2D eigenvalue weighted by Crippen LogP contribution is -2.14. The van der Waals surface area contributed by atoms with Gasteiger partial charge in [-0.2, -0.15) is 0 Å². The predicted molar refractivity (Wildman–Crippen MR) is 77.1 cm³/mol. The van der Waals surface area contributed by atoms with E-state index in [-0.39, 0.29) is 0 Å². The standard InChI is InChI=1S/C14H16ClNS/c1-10(8-16-2)11-7-14(17-9-11)12-5-3-4-6-13(12)15/h3-7,9-10,16H,8H2,1-2H3. The maximum Gasteiger partial charge on any atom is 0.0492 e. The largest absolute Gasteiger partial charge is 0.319 e. The molecule has 0 radical (unpaired) electrons. The SMILES string of the molecule is CNCC(C)c1csc(-c2ccccc2Cl)c1. The molecule has 17 heavy (non-hydrogen) atoms. The topological polar surface area (TPSA) is 12.0 Å². The van der Waals surface area contributed by atoms with Gasteiger partial charge in [-0.05, 0) is 36.0 Å². The molecular formula is C14H16ClNS. The minimum absolute atomic E-state index is 0.535. The number of halogens is 1. The van der Waals surface area contributed by atoms with Crippen LogP contribution in [0.25, 0.3) is 10.4 Å². The van der Waals surface area contributed by atoms with Crippen LogP contribution < -0.4 is 5.32 Å². The second kappa shape index (κ2) is 5.67. The number of hydrogen-bond acceptors (Lipinski definition) is 2. The molecule has 0 spiro atoms. The number of hydrogen-bond donors (Lipinski definition) is 1. The van der Waals surface area contributed by atoms with Gasteiger partial charge >= 0.3 is 0 Å². The molecule has 0 aliphatic rings. The highest BCUT2D eigenvalue weighted by Crippen LogP contribution is 2.34. The third kappa shape index (κ3) is 2.89. The Morgan fingerprint density at radius 1 is 1.35 bits per heavy atom. The smallest absolute Gasteiger partial charge is 0.0492 e. The van der Waals surface area contributed by atoms with Crippen molar-refractivity contribution in [2.45, 2.75) is 12.8 Å². The van der Waals surface area contributed by atoms with Gasteiger partial charge < -0.3 is 5.32 Å². The summed E-state index contributed by atoms with van der Waals surface area (Å²) in [6, 6.07) is 10.2. The summed E-state index contributed by atoms with van der Waals surface area (Å²) in [7, 11) is 1.98. The molecule has 0 aliphatic heterocycles. The van der Waals surface area contributed by atoms with E-state index < -0.39 is 0 Å². The van der Waals surface area contributed by atoms with E-state index in [2.05, 4.69) is 29.8 Å². The minimum Gasteiger partial charge on any atom is -0.319 e. The van der Waals surface area contributed by atoms with Crippen LogP contribution in [0.1, 0.15) is 18.4 Å². The minimum atomic E-state index is 0.535. The third-order valence-corrected chi connectivity index (χ3v) is 4.15. The maximum atomic E-state index is 6.20. The molecule has 0 bridgehead atoms. The maximum absolute atomic E-state index is 6.20. The van der Waals surface area contributed by atoms with Crippen molar-refractivity contribution in [3.05, 3.63) is 46.3 Å². The lowest BCUT2D eigenvalue weighted by molar-refractivity contribution is 0.680. The van der Waals surface area contributed by atoms with Crippen LogP contribution in [0.2, 0.25) is 5.02 Å². The number of rotatable bonds is 4. The van der Waals surface area contributed by atoms with Gasteiger partial charge in [0.15, 0.2) is 0 Å². The third-order valence-electron chi connectivity index (χ3n) is 2.84. The quantitative estimate of drug-likeness (QED) is 0.864. The molecule has 2 aromatic rings. The molecular weight excluding hydrogens is 250 g/mol. The fraction of sp³-hybridized carbons (Fsp3) is 0.286. The number of nitrogens with one attached hydrogen (secondary N) is 1. The van der Waals surface area contributed by atoms with Crippen molar-refractivity contribution in [2.24, 2.45) is 0 Å². The second-order valence-corrected chi connectivity index (χ2v) is 5.50. The Kier molecular flexibility index (Phi) is 4.21. The van der Waals surface area contributed by atoms with E-state index in [4.69, 9.17) is 11.6 Å². The monoisotopic (exact) mass is 265 g/mol. The molecule has 0 saturated carbocycles. The van der Waals surface area contributed by atoms with Gasteiger partial charge in [0.2, 0.25) is 0 Å². The number of likely N-dealkylation sites (N-methyl/N-ethyl adjacent to an activating group) is 1. The van der Waals surface area contributed by atoms with E-state index in [9.17, 15) is 0 Å². The Hall–Kier alpha value is -0.830. The Bertz CT molecular complexity index is 492. The highest BCUT2D eigenvalue weighted by Gasteiger charge is 2.10. The molecule has 2 rings (SSSR count). The first-order valence-electron chi connectivity index (χ1n) is 5.70. The molecule has 1 nitrogen and oxygen atoms in total. The summed E-state index contributed by atoms with van der Waals surface area (Å²) in [4.78, 5) is 1.24. The Labute approximate surface area is 111 Å². The molecule has 3 heteroatoms. The fourth-order valence-corrected chi connectivity index (χ4v) is 3.20. The normalized spacial score (nSPS) is 12.6. The zero-order valence-electron chi connectivity index (χ0n) is 10.0. The first-order chi connectivity index (χ1) is 8.22. The molecule has 1 N–H and O–H groups in total. The van der Waals surface area contributed by atoms with Crippen LogP contribution in [0.4, 0.5) is 0 Å². The van der Waals surface area contributed by atoms with Gasteiger partial charge in [-0.1, -0.05) is 36.7 Å². The summed E-state index contributed by atoms with van der Waals surface area (Å²) in [5, 5.41) is 6.25. The Morgan fingerprint density at radius 3 is 2.82 bits per heavy atom. The van der Waals surface area contributed by atoms with Crippen molar-refractivity contribution < 1.29 is 0 Å². The van der Waals surface area contributed by atoms with Crippen LogP contribution in [0, 0.1) is 0 Å². The zero-order chi connectivity index (χ0) is 12.3. The Morgan fingerprint density at radius 2 is 2.12 bits per heavy atom. The van der Waals surface area contributed by atoms with Crippen LogP contribution in [-0.4, -0.2) is 13.6 Å². The summed E-state index contributed by atoms with van der Waals surface area (Å²) in [6.07, 6.45) is 0. The van der Waals surface area contributed by atoms with E-state index in [0.717, 1.165) is 17.1 Å². The highest BCUT2D eigenvalue weighted by atomic mass is 35.5. The van der Waals surface area contributed by atoms with Gasteiger partial charge in [0.25, 0.3) is 0 Å². The number of benzene rings is 1. The second-order valence-electron chi connectivity index (χ2n) is 4.18. The molecule has 1 aromatic carbocycles. The molecule has 0 fully saturated rings. The molecule has 0 aliphatic carbocycles. The van der Waals surface area contributed by atoms with Crippen LogP contribution >= 0.6 is 22.9 Å². The predicted octanol–water partition coefficient (Wildman–Crippen LogP) is 4.39. The van der Waals surface area contributed by atoms with Gasteiger partial charge in [0, 0.05) is 22.0 Å². The first kappa shape index (κ1) is 12.6. The lowest BCUT2D eigenvalue weighted by Gasteiger charge is -2.07. The van der Waals surface area contributed by atoms with Gasteiger partial charge in [0.05, 0.1) is 0 Å². The molecule has 1 heterocycles. The summed E-state index contributed by atoms with van der Waals surface area (Å²) in [5.74, 6) is 0.535. The number of thiophene rings is 1. The molecule has 0 saturated heterocycles. The summed E-state index contributed by atoms with van der Waals surface area (Å²) >= 11 is 7.96. The Balaban J connectivity index is 2.27. The fourth-order valence-electron chi connectivity index (χ4n) is 1.84. The summed E-state index contributed by atoms with van der Waals surface area (Å²) in [5.41, 5.74) is 2.50. The van der Waals surface area contributed by atoms with Gasteiger partial charge in [-0.3, -0.25) is 0 Å². The summed E-state index contributed by atoms with van der Waals surface area (Å²) < 4.78 is 0. The van der Waals surface area contributed by atoms with Gasteiger partial charge in [0.1, 0.15) is 0 Å². The van der Waals surface area contributed by atoms with E-state index in [1.54, 1.807) is 11.3 Å². The molecule has 1 aromatic heterocycles. The molecule has 1 atom stereocenters. The zero-order valence-corrected chi connectivity index (χ0v) is 11.6. The molecule has 90 valence electrons. The van der Waals surface area contributed by atoms with Crippen LogP contribution in [0.3, 0.4) is 0 Å². The van der Waals surface area contributed by atoms with Gasteiger partial charge in [-0.25, -0.2) is 0 Å². The average Bonchev–Trinajstić information content (AvgIpc) is 2.79. The van der Waals surface area contributed by atoms with Crippen LogP contribution in [0.15, 0.2) is 35.7 Å². The highest BCUT2D eigenvalue weighted by molar-refractivity contribution is 7.13. The molecule has 1 unspecified atom stereocenters. The van der Waals surface area contributed by atoms with Crippen molar-refractivity contribution in [1.82, 2.24) is 5.32 Å². The van der Waals surface area contributed by atoms with Crippen molar-refractivity contribution in [1.29, 1.82) is 0 Å². The van der Waals surface area contributed by atoms with Crippen LogP contribution in [0.5, 0.6) is 0 Å². The summed E-state index contributed by atoms with van der Waals surface area (Å²) in [6.45, 7) is 3.23. The van der Waals surface area contributed by atoms with Crippen molar-refractivity contribution in [3.63, 3.8) is 0 Å². The van der Waals surface area contributed by atoms with Gasteiger partial charge in [-0.15, -0.1) is 11.3 Å². The van der Waals surface area contributed by atoms with Crippen molar-refractivity contribution in [3.8, 4) is 10.4 Å².